The van der Waals surface area contributed by atoms with Crippen LogP contribution in [0.5, 0.6) is 0 Å². The van der Waals surface area contributed by atoms with Crippen LogP contribution < -0.4 is 5.32 Å². The number of rotatable bonds is 1. The van der Waals surface area contributed by atoms with Gasteiger partial charge in [0.05, 0.1) is 17.3 Å². The van der Waals surface area contributed by atoms with E-state index in [4.69, 9.17) is 0 Å². The summed E-state index contributed by atoms with van der Waals surface area (Å²) in [6.07, 6.45) is 5.29. The van der Waals surface area contributed by atoms with Crippen molar-refractivity contribution in [2.24, 2.45) is 0 Å². The fourth-order valence-corrected chi connectivity index (χ4v) is 2.73. The monoisotopic (exact) mass is 340 g/mol. The highest BCUT2D eigenvalue weighted by atomic mass is 79.9. The van der Waals surface area contributed by atoms with E-state index in [-0.39, 0.29) is 5.91 Å². The summed E-state index contributed by atoms with van der Waals surface area (Å²) in [5.74, 6) is 0.456. The molecule has 0 saturated carbocycles. The van der Waals surface area contributed by atoms with Gasteiger partial charge in [-0.2, -0.15) is 5.10 Å². The first-order valence-corrected chi connectivity index (χ1v) is 7.12. The summed E-state index contributed by atoms with van der Waals surface area (Å²) >= 11 is 3.38. The van der Waals surface area contributed by atoms with Crippen LogP contribution in [0.25, 0.3) is 22.6 Å². The van der Waals surface area contributed by atoms with Crippen molar-refractivity contribution in [1.82, 2.24) is 15.2 Å². The van der Waals surface area contributed by atoms with Gasteiger partial charge in [0.25, 0.3) is 5.91 Å². The third-order valence-corrected chi connectivity index (χ3v) is 3.83. The molecule has 0 aliphatic carbocycles. The van der Waals surface area contributed by atoms with Gasteiger partial charge in [0.15, 0.2) is 0 Å². The summed E-state index contributed by atoms with van der Waals surface area (Å²) in [4.78, 5) is 16.3. The van der Waals surface area contributed by atoms with Crippen LogP contribution in [0.2, 0.25) is 0 Å². The molecule has 0 saturated heterocycles. The Labute approximate surface area is 128 Å². The van der Waals surface area contributed by atoms with Gasteiger partial charge in [-0.15, -0.1) is 0 Å². The highest BCUT2D eigenvalue weighted by molar-refractivity contribution is 9.10. The number of halogens is 1. The Morgan fingerprint density at radius 3 is 3.00 bits per heavy atom. The van der Waals surface area contributed by atoms with Crippen molar-refractivity contribution < 1.29 is 4.79 Å². The van der Waals surface area contributed by atoms with Gasteiger partial charge >= 0.3 is 0 Å². The van der Waals surface area contributed by atoms with Crippen LogP contribution in [0.4, 0.5) is 5.82 Å². The molecule has 2 aromatic heterocycles. The van der Waals surface area contributed by atoms with E-state index in [2.05, 4.69) is 36.4 Å². The van der Waals surface area contributed by atoms with Gasteiger partial charge in [-0.05, 0) is 39.7 Å². The number of aromatic nitrogens is 3. The van der Waals surface area contributed by atoms with Crippen LogP contribution in [0.3, 0.4) is 0 Å². The van der Waals surface area contributed by atoms with Crippen molar-refractivity contribution in [2.75, 3.05) is 5.32 Å². The van der Waals surface area contributed by atoms with Crippen LogP contribution in [-0.2, 0) is 4.79 Å². The fraction of sp³-hybridized carbons (Fsp3) is 0. The minimum Gasteiger partial charge on any atom is -0.306 e. The lowest BCUT2D eigenvalue weighted by Crippen LogP contribution is -2.04. The van der Waals surface area contributed by atoms with Crippen molar-refractivity contribution in [3.8, 4) is 0 Å². The van der Waals surface area contributed by atoms with Crippen LogP contribution in [0.15, 0.2) is 41.1 Å². The van der Waals surface area contributed by atoms with Crippen molar-refractivity contribution in [2.45, 2.75) is 0 Å². The molecule has 6 heteroatoms. The van der Waals surface area contributed by atoms with Crippen LogP contribution >= 0.6 is 15.9 Å². The molecular formula is C15H9BrN4O. The van der Waals surface area contributed by atoms with E-state index in [1.165, 1.54) is 0 Å². The number of nitrogens with one attached hydrogen (secondary N) is 2. The number of hydrogen-bond donors (Lipinski definition) is 2. The maximum Gasteiger partial charge on any atom is 0.257 e. The second-order valence-electron chi connectivity index (χ2n) is 4.78. The lowest BCUT2D eigenvalue weighted by molar-refractivity contribution is -0.110. The zero-order chi connectivity index (χ0) is 14.4. The van der Waals surface area contributed by atoms with Gasteiger partial charge in [0, 0.05) is 21.6 Å². The standard InChI is InChI=1S/C15H9BrN4O/c16-10-5-11-12(15(21)19-14(11)17-7-10)3-8-1-2-9-6-18-20-13(9)4-8/h1-7H,(H,18,20)(H,17,19,21)/b12-3-. The Balaban J connectivity index is 1.85. The molecule has 2 N–H and O–H groups in total. The summed E-state index contributed by atoms with van der Waals surface area (Å²) in [6, 6.07) is 7.78. The molecule has 1 aromatic carbocycles. The molecule has 0 fully saturated rings. The molecule has 0 spiro atoms. The second-order valence-corrected chi connectivity index (χ2v) is 5.69. The normalized spacial score (nSPS) is 15.5. The lowest BCUT2D eigenvalue weighted by atomic mass is 10.0. The number of nitrogens with zero attached hydrogens (tertiary/aromatic N) is 2. The highest BCUT2D eigenvalue weighted by Crippen LogP contribution is 2.33. The Bertz CT molecular complexity index is 913. The number of H-pyrrole nitrogens is 1. The molecule has 1 aliphatic heterocycles. The molecule has 21 heavy (non-hydrogen) atoms. The highest BCUT2D eigenvalue weighted by Gasteiger charge is 2.25. The maximum atomic E-state index is 12.1. The third-order valence-electron chi connectivity index (χ3n) is 3.40. The van der Waals surface area contributed by atoms with Gasteiger partial charge in [-0.3, -0.25) is 9.89 Å². The van der Waals surface area contributed by atoms with Crippen LogP contribution in [-0.4, -0.2) is 21.1 Å². The lowest BCUT2D eigenvalue weighted by Gasteiger charge is -1.99. The summed E-state index contributed by atoms with van der Waals surface area (Å²) in [5, 5.41) is 10.7. The first kappa shape index (κ1) is 12.3. The van der Waals surface area contributed by atoms with E-state index in [0.29, 0.717) is 11.4 Å². The van der Waals surface area contributed by atoms with Gasteiger partial charge in [-0.1, -0.05) is 12.1 Å². The molecule has 102 valence electrons. The number of aromatic amines is 1. The number of pyridine rings is 1. The van der Waals surface area contributed by atoms with Gasteiger partial charge in [-0.25, -0.2) is 4.98 Å². The zero-order valence-electron chi connectivity index (χ0n) is 10.7. The van der Waals surface area contributed by atoms with E-state index in [1.807, 2.05) is 30.3 Å². The Morgan fingerprint density at radius 2 is 2.10 bits per heavy atom. The van der Waals surface area contributed by atoms with Crippen molar-refractivity contribution in [3.63, 3.8) is 0 Å². The average molecular weight is 341 g/mol. The van der Waals surface area contributed by atoms with E-state index < -0.39 is 0 Å². The molecule has 3 aromatic rings. The predicted molar refractivity (Wildman–Crippen MR) is 84.5 cm³/mol. The van der Waals surface area contributed by atoms with Gasteiger partial charge in [0.1, 0.15) is 5.82 Å². The van der Waals surface area contributed by atoms with E-state index in [9.17, 15) is 4.79 Å². The summed E-state index contributed by atoms with van der Waals surface area (Å²) in [7, 11) is 0. The quantitative estimate of drug-likeness (QED) is 0.668. The number of carbonyl (C=O) groups is 1. The van der Waals surface area contributed by atoms with Crippen LogP contribution in [0, 0.1) is 0 Å². The summed E-state index contributed by atoms with van der Waals surface area (Å²) < 4.78 is 0.840. The van der Waals surface area contributed by atoms with Gasteiger partial charge < -0.3 is 5.32 Å². The van der Waals surface area contributed by atoms with Crippen molar-refractivity contribution in [3.05, 3.63) is 52.3 Å². The van der Waals surface area contributed by atoms with Crippen LogP contribution in [0.1, 0.15) is 11.1 Å². The fourth-order valence-electron chi connectivity index (χ4n) is 2.40. The average Bonchev–Trinajstić information content (AvgIpc) is 3.04. The smallest absolute Gasteiger partial charge is 0.257 e. The zero-order valence-corrected chi connectivity index (χ0v) is 12.3. The minimum atomic E-state index is -0.139. The number of anilines is 1. The number of amides is 1. The molecule has 3 heterocycles. The Hall–Kier alpha value is -2.47. The number of carbonyl (C=O) groups excluding carboxylic acids is 1. The molecule has 4 rings (SSSR count). The second kappa shape index (κ2) is 4.53. The maximum absolute atomic E-state index is 12.1. The molecule has 1 amide bonds. The number of benzene rings is 1. The van der Waals surface area contributed by atoms with E-state index >= 15 is 0 Å². The largest absolute Gasteiger partial charge is 0.306 e. The third kappa shape index (κ3) is 2.04. The molecular weight excluding hydrogens is 332 g/mol. The topological polar surface area (TPSA) is 70.7 Å². The predicted octanol–water partition coefficient (Wildman–Crippen LogP) is 3.21. The van der Waals surface area contributed by atoms with E-state index in [1.54, 1.807) is 12.4 Å². The first-order valence-electron chi connectivity index (χ1n) is 6.33. The Morgan fingerprint density at radius 1 is 1.19 bits per heavy atom. The number of fused-ring (bicyclic) bond motifs is 2. The summed E-state index contributed by atoms with van der Waals surface area (Å²) in [6.45, 7) is 0. The number of hydrogen-bond acceptors (Lipinski definition) is 3. The molecule has 0 radical (unpaired) electrons. The van der Waals surface area contributed by atoms with Crippen molar-refractivity contribution >= 4 is 50.2 Å². The molecule has 0 atom stereocenters. The molecule has 5 nitrogen and oxygen atoms in total. The van der Waals surface area contributed by atoms with Gasteiger partial charge in [0.2, 0.25) is 0 Å². The first-order chi connectivity index (χ1) is 10.2. The molecule has 0 bridgehead atoms. The van der Waals surface area contributed by atoms with E-state index in [0.717, 1.165) is 26.5 Å². The summed E-state index contributed by atoms with van der Waals surface area (Å²) in [5.41, 5.74) is 3.29. The molecule has 1 aliphatic rings. The minimum absolute atomic E-state index is 0.139. The SMILES string of the molecule is O=C1Nc2ncc(Br)cc2/C1=C/c1ccc2cn[nH]c2c1. The Kier molecular flexibility index (Phi) is 2.65. The molecule has 0 unspecified atom stereocenters. The van der Waals surface area contributed by atoms with Crippen molar-refractivity contribution in [1.29, 1.82) is 0 Å².